The molecule has 3 atom stereocenters. The number of rotatable bonds is 6. The average Bonchev–Trinajstić information content (AvgIpc) is 2.43. The molecule has 0 aromatic heterocycles. The van der Waals surface area contributed by atoms with Crippen LogP contribution in [0.1, 0.15) is 12.5 Å². The van der Waals surface area contributed by atoms with Crippen LogP contribution in [-0.4, -0.2) is 35.0 Å². The van der Waals surface area contributed by atoms with Crippen LogP contribution in [0.5, 0.6) is 0 Å². The van der Waals surface area contributed by atoms with Crippen molar-refractivity contribution in [2.45, 2.75) is 31.7 Å². The zero-order valence-corrected chi connectivity index (χ0v) is 10.7. The Bertz CT molecular complexity index is 434. The lowest BCUT2D eigenvalue weighted by Gasteiger charge is -2.18. The first-order valence-corrected chi connectivity index (χ1v) is 5.87. The fraction of sp³-hybridized carbons (Fsp3) is 0.385. The van der Waals surface area contributed by atoms with Gasteiger partial charge in [-0.25, -0.2) is 0 Å². The third kappa shape index (κ3) is 4.44. The van der Waals surface area contributed by atoms with Crippen LogP contribution in [0, 0.1) is 0 Å². The van der Waals surface area contributed by atoms with Gasteiger partial charge in [-0.15, -0.1) is 0 Å². The molecule has 0 radical (unpaired) electrons. The minimum atomic E-state index is -1.65. The summed E-state index contributed by atoms with van der Waals surface area (Å²) in [7, 11) is 0. The number of carbonyl (C=O) groups is 2. The molecule has 104 valence electrons. The lowest BCUT2D eigenvalue weighted by molar-refractivity contribution is -0.152. The Morgan fingerprint density at radius 1 is 1.26 bits per heavy atom. The Morgan fingerprint density at radius 2 is 1.84 bits per heavy atom. The molecule has 1 aromatic rings. The van der Waals surface area contributed by atoms with Gasteiger partial charge in [-0.3, -0.25) is 9.59 Å². The van der Waals surface area contributed by atoms with E-state index in [1.807, 2.05) is 6.07 Å². The summed E-state index contributed by atoms with van der Waals surface area (Å²) in [4.78, 5) is 23.0. The van der Waals surface area contributed by atoms with Gasteiger partial charge < -0.3 is 21.3 Å². The van der Waals surface area contributed by atoms with E-state index in [9.17, 15) is 14.7 Å². The highest BCUT2D eigenvalue weighted by molar-refractivity contribution is 5.93. The second-order valence-electron chi connectivity index (χ2n) is 4.25. The van der Waals surface area contributed by atoms with E-state index in [0.717, 1.165) is 5.56 Å². The maximum atomic E-state index is 11.6. The molecule has 0 aliphatic carbocycles. The first-order valence-electron chi connectivity index (χ1n) is 5.87. The number of nitrogens with two attached hydrogens (primary N) is 2. The number of benzene rings is 1. The van der Waals surface area contributed by atoms with Crippen molar-refractivity contribution in [3.05, 3.63) is 35.9 Å². The van der Waals surface area contributed by atoms with Crippen molar-refractivity contribution in [2.75, 3.05) is 0 Å². The summed E-state index contributed by atoms with van der Waals surface area (Å²) in [6.07, 6.45) is -1.65. The molecule has 6 heteroatoms. The molecule has 5 N–H and O–H groups in total. The summed E-state index contributed by atoms with van der Waals surface area (Å²) in [5.41, 5.74) is 11.6. The van der Waals surface area contributed by atoms with E-state index in [0.29, 0.717) is 0 Å². The van der Waals surface area contributed by atoms with Crippen LogP contribution in [0.3, 0.4) is 0 Å². The standard InChI is InChI=1S/C13H18N2O4/c1-8(14)11(16)12(17)10(15)13(18)19-7-9-5-3-2-4-6-9/h2-6,8,10,12,17H,7,14-15H2,1H3. The minimum absolute atomic E-state index is 0.0342. The highest BCUT2D eigenvalue weighted by atomic mass is 16.5. The number of hydrogen-bond acceptors (Lipinski definition) is 6. The Kier molecular flexibility index (Phi) is 5.62. The van der Waals surface area contributed by atoms with Crippen molar-refractivity contribution >= 4 is 11.8 Å². The molecular weight excluding hydrogens is 248 g/mol. The third-order valence-corrected chi connectivity index (χ3v) is 2.58. The van der Waals surface area contributed by atoms with Gasteiger partial charge in [-0.1, -0.05) is 30.3 Å². The molecule has 6 nitrogen and oxygen atoms in total. The molecule has 0 bridgehead atoms. The first kappa shape index (κ1) is 15.3. The van der Waals surface area contributed by atoms with Crippen molar-refractivity contribution in [2.24, 2.45) is 11.5 Å². The Labute approximate surface area is 111 Å². The molecule has 0 amide bonds. The number of aliphatic hydroxyl groups is 1. The predicted molar refractivity (Wildman–Crippen MR) is 68.9 cm³/mol. The van der Waals surface area contributed by atoms with E-state index in [1.54, 1.807) is 24.3 Å². The average molecular weight is 266 g/mol. The topological polar surface area (TPSA) is 116 Å². The van der Waals surface area contributed by atoms with Crippen LogP contribution in [0.4, 0.5) is 0 Å². The van der Waals surface area contributed by atoms with E-state index in [2.05, 4.69) is 0 Å². The molecular formula is C13H18N2O4. The van der Waals surface area contributed by atoms with E-state index >= 15 is 0 Å². The zero-order valence-electron chi connectivity index (χ0n) is 10.7. The molecule has 0 aliphatic rings. The van der Waals surface area contributed by atoms with Gasteiger partial charge in [-0.05, 0) is 12.5 Å². The lowest BCUT2D eigenvalue weighted by Crippen LogP contribution is -2.51. The summed E-state index contributed by atoms with van der Waals surface area (Å²) in [6.45, 7) is 1.44. The number of carbonyl (C=O) groups excluding carboxylic acids is 2. The van der Waals surface area contributed by atoms with Gasteiger partial charge >= 0.3 is 5.97 Å². The summed E-state index contributed by atoms with van der Waals surface area (Å²) in [5.74, 6) is -1.53. The van der Waals surface area contributed by atoms with Crippen LogP contribution in [0.15, 0.2) is 30.3 Å². The number of hydrogen-bond donors (Lipinski definition) is 3. The van der Waals surface area contributed by atoms with Gasteiger partial charge in [-0.2, -0.15) is 0 Å². The maximum absolute atomic E-state index is 11.6. The SMILES string of the molecule is CC(N)C(=O)C(O)C(N)C(=O)OCc1ccccc1. The van der Waals surface area contributed by atoms with Crippen LogP contribution >= 0.6 is 0 Å². The van der Waals surface area contributed by atoms with Crippen molar-refractivity contribution < 1.29 is 19.4 Å². The Hall–Kier alpha value is -1.76. The van der Waals surface area contributed by atoms with Crippen molar-refractivity contribution in [3.63, 3.8) is 0 Å². The van der Waals surface area contributed by atoms with E-state index in [1.165, 1.54) is 6.92 Å². The number of Topliss-reactive ketones (excluding diaryl/α,β-unsaturated/α-hetero) is 1. The summed E-state index contributed by atoms with van der Waals surface area (Å²) >= 11 is 0. The van der Waals surface area contributed by atoms with E-state index in [4.69, 9.17) is 16.2 Å². The second kappa shape index (κ2) is 6.98. The van der Waals surface area contributed by atoms with Crippen LogP contribution in [-0.2, 0) is 20.9 Å². The molecule has 0 heterocycles. The molecule has 19 heavy (non-hydrogen) atoms. The summed E-state index contributed by atoms with van der Waals surface area (Å²) < 4.78 is 4.92. The number of ether oxygens (including phenoxy) is 1. The van der Waals surface area contributed by atoms with Crippen LogP contribution in [0.25, 0.3) is 0 Å². The largest absolute Gasteiger partial charge is 0.460 e. The van der Waals surface area contributed by atoms with Crippen molar-refractivity contribution in [1.29, 1.82) is 0 Å². The maximum Gasteiger partial charge on any atom is 0.326 e. The number of ketones is 1. The molecule has 0 aliphatic heterocycles. The number of aliphatic hydroxyl groups excluding tert-OH is 1. The zero-order chi connectivity index (χ0) is 14.4. The van der Waals surface area contributed by atoms with Gasteiger partial charge in [0, 0.05) is 0 Å². The molecule has 0 fully saturated rings. The summed E-state index contributed by atoms with van der Waals surface area (Å²) in [6, 6.07) is 6.69. The van der Waals surface area contributed by atoms with Crippen LogP contribution in [0.2, 0.25) is 0 Å². The molecule has 3 unspecified atom stereocenters. The molecule has 0 spiro atoms. The number of esters is 1. The molecule has 1 aromatic carbocycles. The quantitative estimate of drug-likeness (QED) is 0.588. The minimum Gasteiger partial charge on any atom is -0.460 e. The third-order valence-electron chi connectivity index (χ3n) is 2.58. The fourth-order valence-electron chi connectivity index (χ4n) is 1.40. The van der Waals surface area contributed by atoms with Crippen LogP contribution < -0.4 is 11.5 Å². The highest BCUT2D eigenvalue weighted by Gasteiger charge is 2.31. The smallest absolute Gasteiger partial charge is 0.326 e. The first-order chi connectivity index (χ1) is 8.93. The van der Waals surface area contributed by atoms with Crippen molar-refractivity contribution in [1.82, 2.24) is 0 Å². The van der Waals surface area contributed by atoms with E-state index in [-0.39, 0.29) is 6.61 Å². The second-order valence-corrected chi connectivity index (χ2v) is 4.25. The monoisotopic (exact) mass is 266 g/mol. The predicted octanol–water partition coefficient (Wildman–Crippen LogP) is -0.666. The Morgan fingerprint density at radius 3 is 2.37 bits per heavy atom. The van der Waals surface area contributed by atoms with Crippen molar-refractivity contribution in [3.8, 4) is 0 Å². The van der Waals surface area contributed by atoms with E-state index < -0.39 is 29.9 Å². The van der Waals surface area contributed by atoms with Gasteiger partial charge in [0.15, 0.2) is 5.78 Å². The lowest BCUT2D eigenvalue weighted by atomic mass is 10.0. The molecule has 0 saturated carbocycles. The molecule has 1 rings (SSSR count). The molecule has 0 saturated heterocycles. The van der Waals surface area contributed by atoms with Gasteiger partial charge in [0.2, 0.25) is 0 Å². The normalized spacial score (nSPS) is 15.4. The highest BCUT2D eigenvalue weighted by Crippen LogP contribution is 2.04. The van der Waals surface area contributed by atoms with Gasteiger partial charge in [0.05, 0.1) is 6.04 Å². The summed E-state index contributed by atoms with van der Waals surface area (Å²) in [5, 5.41) is 9.57. The van der Waals surface area contributed by atoms with Gasteiger partial charge in [0.1, 0.15) is 18.8 Å². The Balaban J connectivity index is 2.51. The van der Waals surface area contributed by atoms with Gasteiger partial charge in [0.25, 0.3) is 0 Å². The fourth-order valence-corrected chi connectivity index (χ4v) is 1.40.